The summed E-state index contributed by atoms with van der Waals surface area (Å²) in [7, 11) is 0. The fourth-order valence-electron chi connectivity index (χ4n) is 2.64. The average molecular weight is 320 g/mol. The number of aromatic nitrogens is 3. The number of carbonyl (C=O) groups excluding carboxylic acids is 1. The number of carbonyl (C=O) groups is 1. The van der Waals surface area contributed by atoms with Crippen LogP contribution >= 0.6 is 11.6 Å². The molecular weight excluding hydrogens is 302 g/mol. The molecule has 2 aromatic heterocycles. The monoisotopic (exact) mass is 319 g/mol. The molecule has 2 aromatic rings. The molecule has 1 aliphatic heterocycles. The molecule has 1 amide bonds. The first kappa shape index (κ1) is 14.8. The molecule has 7 heteroatoms. The molecule has 0 aliphatic carbocycles. The maximum atomic E-state index is 12.5. The van der Waals surface area contributed by atoms with Crippen molar-refractivity contribution < 1.29 is 4.79 Å². The van der Waals surface area contributed by atoms with E-state index in [1.807, 2.05) is 34.7 Å². The molecule has 0 aromatic carbocycles. The minimum Gasteiger partial charge on any atom is -0.352 e. The van der Waals surface area contributed by atoms with Gasteiger partial charge in [0, 0.05) is 44.8 Å². The lowest BCUT2D eigenvalue weighted by Gasteiger charge is -2.36. The van der Waals surface area contributed by atoms with Crippen LogP contribution in [0.15, 0.2) is 37.1 Å². The van der Waals surface area contributed by atoms with Gasteiger partial charge in [-0.25, -0.2) is 9.97 Å². The van der Waals surface area contributed by atoms with Gasteiger partial charge in [-0.05, 0) is 19.1 Å². The Labute approximate surface area is 134 Å². The van der Waals surface area contributed by atoms with Crippen molar-refractivity contribution >= 4 is 23.3 Å². The number of amides is 1. The number of anilines is 1. The Balaban J connectivity index is 1.62. The first-order chi connectivity index (χ1) is 10.7. The van der Waals surface area contributed by atoms with Gasteiger partial charge in [0.1, 0.15) is 11.9 Å². The van der Waals surface area contributed by atoms with Gasteiger partial charge >= 0.3 is 0 Å². The van der Waals surface area contributed by atoms with E-state index in [0.717, 1.165) is 18.9 Å². The van der Waals surface area contributed by atoms with Gasteiger partial charge < -0.3 is 14.4 Å². The Hall–Kier alpha value is -2.08. The molecule has 1 unspecified atom stereocenters. The Morgan fingerprint density at radius 3 is 2.68 bits per heavy atom. The molecule has 22 heavy (non-hydrogen) atoms. The third-order valence-electron chi connectivity index (χ3n) is 3.96. The predicted octanol–water partition coefficient (Wildman–Crippen LogP) is 1.84. The summed E-state index contributed by atoms with van der Waals surface area (Å²) in [5, 5.41) is 0.647. The molecule has 0 saturated carbocycles. The largest absolute Gasteiger partial charge is 0.352 e. The third-order valence-corrected chi connectivity index (χ3v) is 4.25. The number of imidazole rings is 1. The highest BCUT2D eigenvalue weighted by Gasteiger charge is 2.26. The second kappa shape index (κ2) is 6.36. The van der Waals surface area contributed by atoms with Crippen LogP contribution in [0.3, 0.4) is 0 Å². The topological polar surface area (TPSA) is 54.3 Å². The number of piperazine rings is 1. The maximum Gasteiger partial charge on any atom is 0.245 e. The molecule has 0 N–H and O–H groups in total. The standard InChI is InChI=1S/C15H18ClN5O/c1-12(21-6-5-17-11-21)15(22)20-9-7-19(8-10-20)14-13(16)3-2-4-18-14/h2-6,11-12H,7-10H2,1H3. The zero-order chi connectivity index (χ0) is 15.5. The van der Waals surface area contributed by atoms with Gasteiger partial charge in [0.15, 0.2) is 0 Å². The summed E-state index contributed by atoms with van der Waals surface area (Å²) in [6, 6.07) is 3.42. The molecule has 0 radical (unpaired) electrons. The minimum absolute atomic E-state index is 0.116. The lowest BCUT2D eigenvalue weighted by molar-refractivity contribution is -0.134. The Morgan fingerprint density at radius 1 is 1.27 bits per heavy atom. The quantitative estimate of drug-likeness (QED) is 0.866. The van der Waals surface area contributed by atoms with Gasteiger partial charge in [0.2, 0.25) is 5.91 Å². The predicted molar refractivity (Wildman–Crippen MR) is 85.0 cm³/mol. The van der Waals surface area contributed by atoms with Crippen molar-refractivity contribution in [1.29, 1.82) is 0 Å². The van der Waals surface area contributed by atoms with E-state index < -0.39 is 0 Å². The summed E-state index contributed by atoms with van der Waals surface area (Å²) in [5.74, 6) is 0.906. The number of nitrogens with zero attached hydrogens (tertiary/aromatic N) is 5. The normalized spacial score (nSPS) is 16.6. The van der Waals surface area contributed by atoms with E-state index in [-0.39, 0.29) is 11.9 Å². The highest BCUT2D eigenvalue weighted by atomic mass is 35.5. The van der Waals surface area contributed by atoms with Crippen molar-refractivity contribution in [3.63, 3.8) is 0 Å². The number of rotatable bonds is 3. The van der Waals surface area contributed by atoms with Crippen molar-refractivity contribution in [3.8, 4) is 0 Å². The molecule has 3 heterocycles. The molecular formula is C15H18ClN5O. The van der Waals surface area contributed by atoms with Crippen LogP contribution < -0.4 is 4.90 Å². The SMILES string of the molecule is CC(C(=O)N1CCN(c2ncccc2Cl)CC1)n1ccnc1. The summed E-state index contributed by atoms with van der Waals surface area (Å²) in [5.41, 5.74) is 0. The first-order valence-electron chi connectivity index (χ1n) is 7.28. The van der Waals surface area contributed by atoms with Gasteiger partial charge in [-0.1, -0.05) is 11.6 Å². The lowest BCUT2D eigenvalue weighted by Crippen LogP contribution is -2.50. The molecule has 1 atom stereocenters. The zero-order valence-corrected chi connectivity index (χ0v) is 13.1. The van der Waals surface area contributed by atoms with E-state index in [1.54, 1.807) is 18.7 Å². The van der Waals surface area contributed by atoms with Crippen LogP contribution in [0.1, 0.15) is 13.0 Å². The molecule has 1 saturated heterocycles. The fourth-order valence-corrected chi connectivity index (χ4v) is 2.88. The van der Waals surface area contributed by atoms with Crippen LogP contribution in [-0.2, 0) is 4.79 Å². The lowest BCUT2D eigenvalue weighted by atomic mass is 10.2. The number of hydrogen-bond donors (Lipinski definition) is 0. The van der Waals surface area contributed by atoms with Gasteiger partial charge in [-0.3, -0.25) is 4.79 Å². The van der Waals surface area contributed by atoms with E-state index in [0.29, 0.717) is 18.1 Å². The molecule has 0 bridgehead atoms. The molecule has 3 rings (SSSR count). The van der Waals surface area contributed by atoms with Crippen molar-refractivity contribution in [1.82, 2.24) is 19.4 Å². The van der Waals surface area contributed by atoms with Crippen molar-refractivity contribution in [2.45, 2.75) is 13.0 Å². The maximum absolute atomic E-state index is 12.5. The summed E-state index contributed by atoms with van der Waals surface area (Å²) in [6.07, 6.45) is 6.91. The highest BCUT2D eigenvalue weighted by Crippen LogP contribution is 2.23. The highest BCUT2D eigenvalue weighted by molar-refractivity contribution is 6.32. The summed E-state index contributed by atoms with van der Waals surface area (Å²) in [6.45, 7) is 4.71. The second-order valence-electron chi connectivity index (χ2n) is 5.31. The van der Waals surface area contributed by atoms with Crippen LogP contribution in [0.5, 0.6) is 0 Å². The molecule has 0 spiro atoms. The molecule has 6 nitrogen and oxygen atoms in total. The van der Waals surface area contributed by atoms with Crippen molar-refractivity contribution in [3.05, 3.63) is 42.1 Å². The van der Waals surface area contributed by atoms with Gasteiger partial charge in [-0.15, -0.1) is 0 Å². The van der Waals surface area contributed by atoms with Gasteiger partial charge in [0.25, 0.3) is 0 Å². The summed E-state index contributed by atoms with van der Waals surface area (Å²) < 4.78 is 1.82. The number of hydrogen-bond acceptors (Lipinski definition) is 4. The van der Waals surface area contributed by atoms with Gasteiger partial charge in [0.05, 0.1) is 11.3 Å². The van der Waals surface area contributed by atoms with Crippen molar-refractivity contribution in [2.75, 3.05) is 31.1 Å². The van der Waals surface area contributed by atoms with Crippen LogP contribution in [-0.4, -0.2) is 51.5 Å². The Bertz CT molecular complexity index is 637. The molecule has 1 fully saturated rings. The molecule has 116 valence electrons. The summed E-state index contributed by atoms with van der Waals surface area (Å²) >= 11 is 6.18. The van der Waals surface area contributed by atoms with Crippen LogP contribution in [0.2, 0.25) is 5.02 Å². The Morgan fingerprint density at radius 2 is 2.05 bits per heavy atom. The minimum atomic E-state index is -0.229. The third kappa shape index (κ3) is 2.92. The second-order valence-corrected chi connectivity index (χ2v) is 5.71. The molecule has 1 aliphatic rings. The fraction of sp³-hybridized carbons (Fsp3) is 0.400. The van der Waals surface area contributed by atoms with E-state index in [1.165, 1.54) is 0 Å². The number of pyridine rings is 1. The van der Waals surface area contributed by atoms with Crippen LogP contribution in [0.25, 0.3) is 0 Å². The van der Waals surface area contributed by atoms with Crippen LogP contribution in [0, 0.1) is 0 Å². The Kier molecular flexibility index (Phi) is 4.29. The van der Waals surface area contributed by atoms with E-state index in [2.05, 4.69) is 14.9 Å². The van der Waals surface area contributed by atoms with Crippen LogP contribution in [0.4, 0.5) is 5.82 Å². The first-order valence-corrected chi connectivity index (χ1v) is 7.66. The van der Waals surface area contributed by atoms with E-state index in [9.17, 15) is 4.79 Å². The van der Waals surface area contributed by atoms with E-state index >= 15 is 0 Å². The van der Waals surface area contributed by atoms with Crippen molar-refractivity contribution in [2.24, 2.45) is 0 Å². The van der Waals surface area contributed by atoms with Gasteiger partial charge in [-0.2, -0.15) is 0 Å². The van der Waals surface area contributed by atoms with E-state index in [4.69, 9.17) is 11.6 Å². The number of halogens is 1. The summed E-state index contributed by atoms with van der Waals surface area (Å²) in [4.78, 5) is 24.8. The average Bonchev–Trinajstić information content (AvgIpc) is 3.09. The smallest absolute Gasteiger partial charge is 0.245 e. The zero-order valence-electron chi connectivity index (χ0n) is 12.4.